The van der Waals surface area contributed by atoms with Gasteiger partial charge in [0.15, 0.2) is 0 Å². The third-order valence-electron chi connectivity index (χ3n) is 4.43. The highest BCUT2D eigenvalue weighted by Gasteiger charge is 2.31. The first-order chi connectivity index (χ1) is 9.74. The zero-order chi connectivity index (χ0) is 14.0. The van der Waals surface area contributed by atoms with Crippen LogP contribution < -0.4 is 5.56 Å². The van der Waals surface area contributed by atoms with Crippen LogP contribution in [-0.4, -0.2) is 14.9 Å². The van der Waals surface area contributed by atoms with Gasteiger partial charge in [0.05, 0.1) is 17.2 Å². The lowest BCUT2D eigenvalue weighted by atomic mass is 9.75. The highest BCUT2D eigenvalue weighted by Crippen LogP contribution is 2.39. The van der Waals surface area contributed by atoms with E-state index in [1.54, 1.807) is 10.9 Å². The lowest BCUT2D eigenvalue weighted by Crippen LogP contribution is -2.35. The van der Waals surface area contributed by atoms with Gasteiger partial charge >= 0.3 is 0 Å². The van der Waals surface area contributed by atoms with E-state index in [1.807, 2.05) is 24.3 Å². The molecular weight excluding hydrogens is 316 g/mol. The molecule has 1 fully saturated rings. The molecule has 2 aromatic rings. The summed E-state index contributed by atoms with van der Waals surface area (Å²) in [6.07, 6.45) is 7.95. The molecule has 0 radical (unpaired) electrons. The summed E-state index contributed by atoms with van der Waals surface area (Å²) >= 11 is 3.66. The SMILES string of the molecule is O=c1c2ccccc2ncn1CC1(CBr)CCCCC1. The van der Waals surface area contributed by atoms with Crippen molar-refractivity contribution in [3.05, 3.63) is 40.9 Å². The van der Waals surface area contributed by atoms with E-state index in [-0.39, 0.29) is 11.0 Å². The summed E-state index contributed by atoms with van der Waals surface area (Å²) in [5.41, 5.74) is 1.08. The Bertz CT molecular complexity index is 659. The van der Waals surface area contributed by atoms with Crippen LogP contribution in [0, 0.1) is 5.41 Å². The van der Waals surface area contributed by atoms with Crippen LogP contribution >= 0.6 is 15.9 Å². The Balaban J connectivity index is 1.98. The molecule has 1 aromatic heterocycles. The van der Waals surface area contributed by atoms with Gasteiger partial charge in [-0.25, -0.2) is 4.98 Å². The van der Waals surface area contributed by atoms with Crippen LogP contribution in [0.15, 0.2) is 35.4 Å². The number of benzene rings is 1. The predicted octanol–water partition coefficient (Wildman–Crippen LogP) is 3.74. The number of hydrogen-bond acceptors (Lipinski definition) is 2. The van der Waals surface area contributed by atoms with Crippen LogP contribution in [0.5, 0.6) is 0 Å². The molecule has 1 aliphatic carbocycles. The van der Waals surface area contributed by atoms with E-state index >= 15 is 0 Å². The van der Waals surface area contributed by atoms with Crippen LogP contribution in [0.3, 0.4) is 0 Å². The second-order valence-corrected chi connectivity index (χ2v) is 6.45. The zero-order valence-corrected chi connectivity index (χ0v) is 13.1. The maximum absolute atomic E-state index is 12.6. The highest BCUT2D eigenvalue weighted by atomic mass is 79.9. The maximum atomic E-state index is 12.6. The van der Waals surface area contributed by atoms with Crippen LogP contribution in [0.2, 0.25) is 0 Å². The number of halogens is 1. The van der Waals surface area contributed by atoms with Crippen molar-refractivity contribution < 1.29 is 0 Å². The van der Waals surface area contributed by atoms with Gasteiger partial charge < -0.3 is 0 Å². The van der Waals surface area contributed by atoms with Gasteiger partial charge in [-0.05, 0) is 30.4 Å². The van der Waals surface area contributed by atoms with Crippen molar-refractivity contribution in [2.75, 3.05) is 5.33 Å². The Morgan fingerprint density at radius 3 is 2.70 bits per heavy atom. The van der Waals surface area contributed by atoms with Crippen LogP contribution in [0.25, 0.3) is 10.9 Å². The molecule has 1 saturated carbocycles. The van der Waals surface area contributed by atoms with E-state index in [9.17, 15) is 4.79 Å². The Hall–Kier alpha value is -1.16. The van der Waals surface area contributed by atoms with Crippen LogP contribution in [-0.2, 0) is 6.54 Å². The standard InChI is InChI=1S/C16H19BrN2O/c17-10-16(8-4-1-5-9-16)11-19-12-18-14-7-3-2-6-13(14)15(19)20/h2-3,6-7,12H,1,4-5,8-11H2. The van der Waals surface area contributed by atoms with Crippen molar-refractivity contribution in [3.8, 4) is 0 Å². The minimum absolute atomic E-state index is 0.0847. The molecule has 0 spiro atoms. The molecule has 0 bridgehead atoms. The fourth-order valence-corrected chi connectivity index (χ4v) is 3.95. The van der Waals surface area contributed by atoms with E-state index < -0.39 is 0 Å². The maximum Gasteiger partial charge on any atom is 0.261 e. The fourth-order valence-electron chi connectivity index (χ4n) is 3.22. The van der Waals surface area contributed by atoms with Gasteiger partial charge in [0.1, 0.15) is 0 Å². The summed E-state index contributed by atoms with van der Waals surface area (Å²) in [4.78, 5) is 17.0. The average molecular weight is 335 g/mol. The van der Waals surface area contributed by atoms with Gasteiger partial charge in [0, 0.05) is 11.9 Å². The minimum atomic E-state index is 0.0847. The molecule has 1 heterocycles. The molecule has 1 aromatic carbocycles. The minimum Gasteiger partial charge on any atom is -0.298 e. The van der Waals surface area contributed by atoms with Gasteiger partial charge in [-0.15, -0.1) is 0 Å². The first-order valence-electron chi connectivity index (χ1n) is 7.24. The third-order valence-corrected chi connectivity index (χ3v) is 5.62. The lowest BCUT2D eigenvalue weighted by Gasteiger charge is -2.36. The highest BCUT2D eigenvalue weighted by molar-refractivity contribution is 9.09. The Morgan fingerprint density at radius 1 is 1.20 bits per heavy atom. The van der Waals surface area contributed by atoms with Gasteiger partial charge in [-0.1, -0.05) is 47.3 Å². The predicted molar refractivity (Wildman–Crippen MR) is 85.3 cm³/mol. The topological polar surface area (TPSA) is 34.9 Å². The van der Waals surface area contributed by atoms with Crippen molar-refractivity contribution in [1.82, 2.24) is 9.55 Å². The molecule has 0 N–H and O–H groups in total. The number of nitrogens with zero attached hydrogens (tertiary/aromatic N) is 2. The van der Waals surface area contributed by atoms with Crippen molar-refractivity contribution in [3.63, 3.8) is 0 Å². The fraction of sp³-hybridized carbons (Fsp3) is 0.500. The number of hydrogen-bond donors (Lipinski definition) is 0. The molecule has 0 atom stereocenters. The van der Waals surface area contributed by atoms with Gasteiger partial charge in [0.25, 0.3) is 5.56 Å². The number of para-hydroxylation sites is 1. The normalized spacial score (nSPS) is 18.2. The monoisotopic (exact) mass is 334 g/mol. The number of aromatic nitrogens is 2. The lowest BCUT2D eigenvalue weighted by molar-refractivity contribution is 0.188. The van der Waals surface area contributed by atoms with E-state index in [1.165, 1.54) is 32.1 Å². The molecule has 0 amide bonds. The number of rotatable bonds is 3. The van der Waals surface area contributed by atoms with Crippen LogP contribution in [0.1, 0.15) is 32.1 Å². The largest absolute Gasteiger partial charge is 0.298 e. The average Bonchev–Trinajstić information content (AvgIpc) is 2.51. The number of alkyl halides is 1. The van der Waals surface area contributed by atoms with Gasteiger partial charge in [-0.3, -0.25) is 9.36 Å². The van der Waals surface area contributed by atoms with Gasteiger partial charge in [0.2, 0.25) is 0 Å². The molecule has 106 valence electrons. The first-order valence-corrected chi connectivity index (χ1v) is 8.36. The van der Waals surface area contributed by atoms with E-state index in [0.717, 1.165) is 22.8 Å². The molecule has 3 rings (SSSR count). The molecule has 3 nitrogen and oxygen atoms in total. The Labute approximate surface area is 127 Å². The summed E-state index contributed by atoms with van der Waals surface area (Å²) in [7, 11) is 0. The van der Waals surface area contributed by atoms with Crippen molar-refractivity contribution >= 4 is 26.8 Å². The summed E-state index contributed by atoms with van der Waals surface area (Å²) in [6, 6.07) is 7.57. The van der Waals surface area contributed by atoms with Crippen molar-refractivity contribution in [2.45, 2.75) is 38.6 Å². The molecule has 0 saturated heterocycles. The van der Waals surface area contributed by atoms with Crippen molar-refractivity contribution in [1.29, 1.82) is 0 Å². The van der Waals surface area contributed by atoms with E-state index in [4.69, 9.17) is 0 Å². The summed E-state index contributed by atoms with van der Waals surface area (Å²) in [6.45, 7) is 0.773. The molecular formula is C16H19BrN2O. The molecule has 4 heteroatoms. The zero-order valence-electron chi connectivity index (χ0n) is 11.5. The second-order valence-electron chi connectivity index (χ2n) is 5.89. The summed E-state index contributed by atoms with van der Waals surface area (Å²) < 4.78 is 1.80. The summed E-state index contributed by atoms with van der Waals surface area (Å²) in [5.74, 6) is 0. The smallest absolute Gasteiger partial charge is 0.261 e. The Kier molecular flexibility index (Phi) is 3.92. The number of fused-ring (bicyclic) bond motifs is 1. The third kappa shape index (κ3) is 2.53. The van der Waals surface area contributed by atoms with Crippen LogP contribution in [0.4, 0.5) is 0 Å². The molecule has 20 heavy (non-hydrogen) atoms. The van der Waals surface area contributed by atoms with Gasteiger partial charge in [-0.2, -0.15) is 0 Å². The summed E-state index contributed by atoms with van der Waals surface area (Å²) in [5, 5.41) is 1.68. The molecule has 0 unspecified atom stereocenters. The van der Waals surface area contributed by atoms with E-state index in [0.29, 0.717) is 0 Å². The molecule has 1 aliphatic rings. The quantitative estimate of drug-likeness (QED) is 0.801. The van der Waals surface area contributed by atoms with E-state index in [2.05, 4.69) is 20.9 Å². The Morgan fingerprint density at radius 2 is 1.95 bits per heavy atom. The van der Waals surface area contributed by atoms with Crippen molar-refractivity contribution in [2.24, 2.45) is 5.41 Å². The second kappa shape index (κ2) is 5.68. The molecule has 0 aliphatic heterocycles. The first kappa shape index (κ1) is 13.8.